The highest BCUT2D eigenvalue weighted by molar-refractivity contribution is 7.92. The van der Waals surface area contributed by atoms with Crippen LogP contribution in [0.25, 0.3) is 0 Å². The van der Waals surface area contributed by atoms with Crippen molar-refractivity contribution in [1.82, 2.24) is 4.90 Å². The minimum Gasteiger partial charge on any atom is -0.460 e. The molecule has 2 rings (SSSR count). The maximum Gasteiger partial charge on any atom is 0.320 e. The van der Waals surface area contributed by atoms with Gasteiger partial charge in [-0.1, -0.05) is 20.8 Å². The number of alkyl halides is 1. The zero-order chi connectivity index (χ0) is 18.4. The Balaban J connectivity index is 2.52. The molecule has 1 fully saturated rings. The van der Waals surface area contributed by atoms with Crippen molar-refractivity contribution in [1.29, 1.82) is 0 Å². The van der Waals surface area contributed by atoms with E-state index in [2.05, 4.69) is 0 Å². The number of carbonyl (C=O) groups is 3. The molecule has 10 heteroatoms. The van der Waals surface area contributed by atoms with Gasteiger partial charge in [-0.25, -0.2) is 8.42 Å². The van der Waals surface area contributed by atoms with Gasteiger partial charge in [0.2, 0.25) is 5.91 Å². The zero-order valence-electron chi connectivity index (χ0n) is 13.5. The van der Waals surface area contributed by atoms with Gasteiger partial charge in [-0.3, -0.25) is 19.3 Å². The van der Waals surface area contributed by atoms with Crippen LogP contribution in [0.15, 0.2) is 11.3 Å². The molecule has 2 aliphatic heterocycles. The van der Waals surface area contributed by atoms with Crippen molar-refractivity contribution in [3.8, 4) is 0 Å². The Morgan fingerprint density at radius 3 is 2.46 bits per heavy atom. The predicted octanol–water partition coefficient (Wildman–Crippen LogP) is -0.438. The zero-order valence-corrected chi connectivity index (χ0v) is 15.1. The van der Waals surface area contributed by atoms with Crippen LogP contribution in [0.5, 0.6) is 0 Å². The number of β-lactam (4-membered cyclic amide) rings is 1. The summed E-state index contributed by atoms with van der Waals surface area (Å²) in [7, 11) is -3.78. The Morgan fingerprint density at radius 1 is 1.38 bits per heavy atom. The van der Waals surface area contributed by atoms with E-state index in [0.717, 1.165) is 4.90 Å². The van der Waals surface area contributed by atoms with Crippen molar-refractivity contribution in [2.75, 3.05) is 18.9 Å². The number of nitrogens with two attached hydrogens (primary N) is 1. The van der Waals surface area contributed by atoms with Crippen LogP contribution >= 0.6 is 11.6 Å². The highest BCUT2D eigenvalue weighted by Gasteiger charge is 2.59. The standard InChI is InChI=1S/C14H19ClN2O6S/c1-14(2,3)11(19)10-7(5-23-8(18)4-16)6-24(21,22)13-9(15)12(20)17(10)13/h9,13H,4-6,16H2,1-3H3/t9-,13-/m0/s1. The number of ketones is 1. The number of halogens is 1. The Hall–Kier alpha value is -1.45. The number of hydrogen-bond acceptors (Lipinski definition) is 7. The normalized spacial score (nSPS) is 25.9. The lowest BCUT2D eigenvalue weighted by Gasteiger charge is -2.48. The summed E-state index contributed by atoms with van der Waals surface area (Å²) in [4.78, 5) is 37.0. The summed E-state index contributed by atoms with van der Waals surface area (Å²) in [6, 6.07) is 0. The largest absolute Gasteiger partial charge is 0.460 e. The van der Waals surface area contributed by atoms with E-state index >= 15 is 0 Å². The van der Waals surface area contributed by atoms with E-state index in [1.54, 1.807) is 20.8 Å². The molecule has 2 aliphatic rings. The van der Waals surface area contributed by atoms with Crippen molar-refractivity contribution in [3.63, 3.8) is 0 Å². The fraction of sp³-hybridized carbons (Fsp3) is 0.643. The summed E-state index contributed by atoms with van der Waals surface area (Å²) in [6.45, 7) is 4.14. The van der Waals surface area contributed by atoms with E-state index in [1.807, 2.05) is 0 Å². The van der Waals surface area contributed by atoms with E-state index in [1.165, 1.54) is 0 Å². The monoisotopic (exact) mass is 378 g/mol. The molecule has 0 aromatic heterocycles. The first-order chi connectivity index (χ1) is 10.9. The van der Waals surface area contributed by atoms with Crippen molar-refractivity contribution >= 4 is 39.1 Å². The van der Waals surface area contributed by atoms with E-state index in [4.69, 9.17) is 22.1 Å². The summed E-state index contributed by atoms with van der Waals surface area (Å²) >= 11 is 5.83. The SMILES string of the molecule is CC(C)(C)C(=O)C1=C(COC(=O)CN)CS(=O)(=O)[C@H]2[C@@H](Cl)C(=O)N12. The van der Waals surface area contributed by atoms with Crippen LogP contribution in [0.2, 0.25) is 0 Å². The molecule has 2 heterocycles. The average Bonchev–Trinajstić information content (AvgIpc) is 2.48. The molecule has 0 aromatic carbocycles. The van der Waals surface area contributed by atoms with Crippen LogP contribution in [-0.2, 0) is 29.0 Å². The Labute approximate surface area is 144 Å². The Bertz CT molecular complexity index is 737. The molecule has 0 bridgehead atoms. The van der Waals surface area contributed by atoms with Gasteiger partial charge >= 0.3 is 5.97 Å². The third-order valence-electron chi connectivity index (χ3n) is 3.77. The molecule has 2 atom stereocenters. The van der Waals surface area contributed by atoms with Gasteiger partial charge in [0, 0.05) is 11.0 Å². The fourth-order valence-electron chi connectivity index (χ4n) is 2.54. The average molecular weight is 379 g/mol. The van der Waals surface area contributed by atoms with Crippen molar-refractivity contribution < 1.29 is 27.5 Å². The van der Waals surface area contributed by atoms with Gasteiger partial charge in [0.1, 0.15) is 12.0 Å². The second-order valence-electron chi connectivity index (χ2n) is 6.70. The third kappa shape index (κ3) is 3.07. The number of allylic oxidation sites excluding steroid dienone is 1. The van der Waals surface area contributed by atoms with Gasteiger partial charge in [-0.2, -0.15) is 0 Å². The number of sulfone groups is 1. The molecular formula is C14H19ClN2O6S. The summed E-state index contributed by atoms with van der Waals surface area (Å²) in [5.74, 6) is -2.31. The number of amides is 1. The molecule has 0 aliphatic carbocycles. The number of fused-ring (bicyclic) bond motifs is 1. The summed E-state index contributed by atoms with van der Waals surface area (Å²) in [6.07, 6.45) is 0. The first-order valence-corrected chi connectivity index (χ1v) is 9.38. The summed E-state index contributed by atoms with van der Waals surface area (Å²) in [5.41, 5.74) is 4.30. The molecule has 0 aromatic rings. The van der Waals surface area contributed by atoms with Crippen LogP contribution in [0.4, 0.5) is 0 Å². The third-order valence-corrected chi connectivity index (χ3v) is 6.31. The van der Waals surface area contributed by atoms with E-state index in [9.17, 15) is 22.8 Å². The first-order valence-electron chi connectivity index (χ1n) is 7.23. The second-order valence-corrected chi connectivity index (χ2v) is 9.27. The minimum atomic E-state index is -3.78. The smallest absolute Gasteiger partial charge is 0.320 e. The molecule has 0 unspecified atom stereocenters. The molecular weight excluding hydrogens is 360 g/mol. The second kappa shape index (κ2) is 6.12. The van der Waals surface area contributed by atoms with Crippen molar-refractivity contribution in [2.24, 2.45) is 11.1 Å². The maximum absolute atomic E-state index is 12.7. The van der Waals surface area contributed by atoms with Crippen molar-refractivity contribution in [2.45, 2.75) is 31.5 Å². The molecule has 134 valence electrons. The lowest BCUT2D eigenvalue weighted by molar-refractivity contribution is -0.142. The van der Waals surface area contributed by atoms with Crippen LogP contribution in [0.3, 0.4) is 0 Å². The van der Waals surface area contributed by atoms with E-state index in [-0.39, 0.29) is 17.8 Å². The number of Topliss-reactive ketones (excluding diaryl/α,β-unsaturated/α-hetero) is 1. The minimum absolute atomic E-state index is 0.0472. The van der Waals surface area contributed by atoms with Crippen LogP contribution in [-0.4, -0.2) is 60.6 Å². The molecule has 24 heavy (non-hydrogen) atoms. The van der Waals surface area contributed by atoms with Gasteiger partial charge in [0.15, 0.2) is 21.0 Å². The highest BCUT2D eigenvalue weighted by atomic mass is 35.5. The quantitative estimate of drug-likeness (QED) is 0.399. The number of nitrogens with zero attached hydrogens (tertiary/aromatic N) is 1. The number of rotatable bonds is 4. The van der Waals surface area contributed by atoms with Gasteiger partial charge in [0.25, 0.3) is 0 Å². The number of hydrogen-bond donors (Lipinski definition) is 1. The molecule has 1 saturated heterocycles. The van der Waals surface area contributed by atoms with Gasteiger partial charge in [0.05, 0.1) is 18.0 Å². The van der Waals surface area contributed by atoms with Crippen LogP contribution in [0, 0.1) is 5.41 Å². The van der Waals surface area contributed by atoms with Gasteiger partial charge in [-0.15, -0.1) is 11.6 Å². The van der Waals surface area contributed by atoms with Crippen LogP contribution < -0.4 is 5.73 Å². The van der Waals surface area contributed by atoms with E-state index < -0.39 is 56.0 Å². The van der Waals surface area contributed by atoms with Crippen LogP contribution in [0.1, 0.15) is 20.8 Å². The molecule has 8 nitrogen and oxygen atoms in total. The summed E-state index contributed by atoms with van der Waals surface area (Å²) < 4.78 is 29.6. The molecule has 0 saturated carbocycles. The molecule has 0 radical (unpaired) electrons. The Morgan fingerprint density at radius 2 is 1.96 bits per heavy atom. The Kier molecular flexibility index (Phi) is 4.82. The number of ether oxygens (including phenoxy) is 1. The van der Waals surface area contributed by atoms with E-state index in [0.29, 0.717) is 0 Å². The lowest BCUT2D eigenvalue weighted by Crippen LogP contribution is -2.68. The van der Waals surface area contributed by atoms with Crippen molar-refractivity contribution in [3.05, 3.63) is 11.3 Å². The fourth-order valence-corrected chi connectivity index (χ4v) is 5.11. The number of carbonyl (C=O) groups excluding carboxylic acids is 3. The predicted molar refractivity (Wildman–Crippen MR) is 85.6 cm³/mol. The molecule has 0 spiro atoms. The highest BCUT2D eigenvalue weighted by Crippen LogP contribution is 2.41. The first kappa shape index (κ1) is 18.9. The number of esters is 1. The molecule has 1 amide bonds. The maximum atomic E-state index is 12.7. The summed E-state index contributed by atoms with van der Waals surface area (Å²) in [5, 5.41) is -2.48. The lowest BCUT2D eigenvalue weighted by atomic mass is 9.86. The van der Waals surface area contributed by atoms with Gasteiger partial charge < -0.3 is 10.5 Å². The topological polar surface area (TPSA) is 124 Å². The van der Waals surface area contributed by atoms with Gasteiger partial charge in [-0.05, 0) is 0 Å². The molecule has 2 N–H and O–H groups in total.